The maximum atomic E-state index is 14.8. The Bertz CT molecular complexity index is 2590. The van der Waals surface area contributed by atoms with Gasteiger partial charge in [-0.3, -0.25) is 24.1 Å². The number of amides is 1. The van der Waals surface area contributed by atoms with Crippen LogP contribution in [0.3, 0.4) is 0 Å². The fourth-order valence-corrected chi connectivity index (χ4v) is 8.99. The number of aliphatic hydroxyl groups excluding tert-OH is 1. The standard InChI is InChI=1S/C49H59N3O12/c1-24-13-11-14-25(2)48(58)51-40-43(56)37-36(39-46(40)63-35-23-32(15-16-33(35)50-39)60-22-20-52-18-12-19-52)38-45(30(7)42(37)55)64-49(9,47(38)57)61-21-17-34(59-10)29(6)44(62-31(8)53)28(5)26(3)27(4)41(24)54/h11,13-17,21,23-24,26-29,34,41,44,54-55H,12,18-20,22H2,1-10H3,(H,51,58)/b13-11+,21-17+,25-14-/t24-,26+,27-,28+,29+,34-,41-,44-,49-/m0/s1. The van der Waals surface area contributed by atoms with Crippen molar-refractivity contribution in [2.75, 3.05) is 38.7 Å². The van der Waals surface area contributed by atoms with Crippen LogP contribution in [0.5, 0.6) is 17.2 Å². The Kier molecular flexibility index (Phi) is 13.3. The second-order valence-corrected chi connectivity index (χ2v) is 17.8. The Labute approximate surface area is 372 Å². The molecule has 0 spiro atoms. The number of phenols is 1. The highest BCUT2D eigenvalue weighted by atomic mass is 16.7. The first-order chi connectivity index (χ1) is 30.4. The van der Waals surface area contributed by atoms with Gasteiger partial charge in [0.1, 0.15) is 46.9 Å². The lowest BCUT2D eigenvalue weighted by molar-refractivity contribution is -0.157. The van der Waals surface area contributed by atoms with E-state index in [0.29, 0.717) is 17.9 Å². The number of Topliss-reactive ketones (excluding diaryl/α,β-unsaturated/α-hetero) is 1. The molecule has 0 radical (unpaired) electrons. The molecule has 1 fully saturated rings. The van der Waals surface area contributed by atoms with E-state index in [4.69, 9.17) is 33.1 Å². The largest absolute Gasteiger partial charge is 0.507 e. The molecule has 64 heavy (non-hydrogen) atoms. The number of methoxy groups -OCH3 is 1. The number of allylic oxidation sites excluding steroid dienone is 2. The molecule has 9 atom stereocenters. The minimum absolute atomic E-state index is 0.00759. The molecule has 342 valence electrons. The van der Waals surface area contributed by atoms with E-state index in [1.165, 1.54) is 34.1 Å². The number of hydrogen-bond acceptors (Lipinski definition) is 14. The van der Waals surface area contributed by atoms with Crippen LogP contribution in [-0.4, -0.2) is 95.2 Å². The number of likely N-dealkylation sites (tertiary alicyclic amines) is 1. The van der Waals surface area contributed by atoms with E-state index in [2.05, 4.69) is 10.2 Å². The van der Waals surface area contributed by atoms with Crippen molar-refractivity contribution in [3.05, 3.63) is 75.7 Å². The van der Waals surface area contributed by atoms with Gasteiger partial charge >= 0.3 is 11.8 Å². The van der Waals surface area contributed by atoms with Crippen LogP contribution in [0.2, 0.25) is 0 Å². The molecule has 15 heteroatoms. The molecule has 0 saturated carbocycles. The minimum Gasteiger partial charge on any atom is -0.507 e. The number of nitrogens with one attached hydrogen (secondary N) is 1. The Morgan fingerprint density at radius 3 is 2.42 bits per heavy atom. The van der Waals surface area contributed by atoms with Crippen LogP contribution in [0.1, 0.15) is 77.7 Å². The van der Waals surface area contributed by atoms with Crippen molar-refractivity contribution in [1.82, 2.24) is 9.88 Å². The topological polar surface area (TPSA) is 196 Å². The van der Waals surface area contributed by atoms with E-state index in [-0.39, 0.29) is 79.6 Å². The number of fused-ring (bicyclic) bond motifs is 2. The molecular formula is C49H59N3O12. The van der Waals surface area contributed by atoms with Gasteiger partial charge in [-0.25, -0.2) is 4.98 Å². The third-order valence-corrected chi connectivity index (χ3v) is 13.5. The van der Waals surface area contributed by atoms with Crippen LogP contribution in [0.25, 0.3) is 33.3 Å². The number of ether oxygens (including phenoxy) is 5. The average molecular weight is 882 g/mol. The van der Waals surface area contributed by atoms with Crippen molar-refractivity contribution in [2.24, 2.45) is 29.6 Å². The van der Waals surface area contributed by atoms with Crippen LogP contribution >= 0.6 is 0 Å². The fraction of sp³-hybridized carbons (Fsp3) is 0.490. The summed E-state index contributed by atoms with van der Waals surface area (Å²) in [5.74, 6) is -5.35. The molecule has 3 N–H and O–H groups in total. The molecule has 1 saturated heterocycles. The van der Waals surface area contributed by atoms with E-state index >= 15 is 0 Å². The van der Waals surface area contributed by atoms with Gasteiger partial charge in [0, 0.05) is 61.9 Å². The summed E-state index contributed by atoms with van der Waals surface area (Å²) in [5, 5.41) is 25.8. The second-order valence-electron chi connectivity index (χ2n) is 17.8. The lowest BCUT2D eigenvalue weighted by Crippen LogP contribution is -2.43. The molecular weight excluding hydrogens is 823 g/mol. The molecule has 4 bridgehead atoms. The van der Waals surface area contributed by atoms with Gasteiger partial charge in [-0.2, -0.15) is 0 Å². The van der Waals surface area contributed by atoms with Crippen molar-refractivity contribution < 1.29 is 52.7 Å². The summed E-state index contributed by atoms with van der Waals surface area (Å²) in [7, 11) is 1.51. The van der Waals surface area contributed by atoms with Crippen molar-refractivity contribution in [2.45, 2.75) is 92.8 Å². The SMILES string of the molecule is CO[C@H]1/C=C/O[C@@]2(C)Oc3c(C)c(O)c4c(=O)c(c5oc6cc(OCCN7CCC7)ccc6nc-5c4c3C2=O)NC(=O)/C(C)=C\C=C\[C@H](C)[C@H](O)[C@@H](C)[C@@H](C)[C@@H](C)[C@H](OC(C)=O)[C@@H]1C. The Hall–Kier alpha value is -5.77. The zero-order valence-corrected chi connectivity index (χ0v) is 38.1. The lowest BCUT2D eigenvalue weighted by Gasteiger charge is -2.39. The van der Waals surface area contributed by atoms with Crippen molar-refractivity contribution in [3.8, 4) is 28.7 Å². The zero-order chi connectivity index (χ0) is 46.4. The highest BCUT2D eigenvalue weighted by Crippen LogP contribution is 2.50. The first kappa shape index (κ1) is 46.2. The number of aromatic nitrogens is 1. The van der Waals surface area contributed by atoms with Gasteiger partial charge in [-0.1, -0.05) is 52.8 Å². The third kappa shape index (κ3) is 8.60. The number of ketones is 1. The summed E-state index contributed by atoms with van der Waals surface area (Å²) < 4.78 is 36.7. The molecule has 7 rings (SSSR count). The highest BCUT2D eigenvalue weighted by Gasteiger charge is 2.50. The normalized spacial score (nSPS) is 30.0. The van der Waals surface area contributed by atoms with E-state index < -0.39 is 58.9 Å². The molecule has 15 nitrogen and oxygen atoms in total. The van der Waals surface area contributed by atoms with E-state index in [0.717, 1.165) is 26.1 Å². The van der Waals surface area contributed by atoms with E-state index in [1.54, 1.807) is 49.4 Å². The summed E-state index contributed by atoms with van der Waals surface area (Å²) in [6.45, 7) is 18.8. The summed E-state index contributed by atoms with van der Waals surface area (Å²) in [6, 6.07) is 5.08. The van der Waals surface area contributed by atoms with Crippen LogP contribution in [0, 0.1) is 36.5 Å². The Balaban J connectivity index is 1.40. The molecule has 1 aliphatic carbocycles. The first-order valence-corrected chi connectivity index (χ1v) is 21.9. The summed E-state index contributed by atoms with van der Waals surface area (Å²) >= 11 is 0. The van der Waals surface area contributed by atoms with Gasteiger partial charge in [0.25, 0.3) is 11.7 Å². The Morgan fingerprint density at radius 2 is 1.75 bits per heavy atom. The Morgan fingerprint density at radius 1 is 1.02 bits per heavy atom. The number of nitrogens with zero attached hydrogens (tertiary/aromatic N) is 2. The number of carbonyl (C=O) groups excluding carboxylic acids is 3. The number of esters is 1. The van der Waals surface area contributed by atoms with Crippen molar-refractivity contribution >= 4 is 45.2 Å². The number of aromatic hydroxyl groups is 1. The smallest absolute Gasteiger partial charge is 0.312 e. The molecule has 2 aromatic carbocycles. The van der Waals surface area contributed by atoms with Crippen molar-refractivity contribution in [3.63, 3.8) is 0 Å². The monoisotopic (exact) mass is 881 g/mol. The quantitative estimate of drug-likeness (QED) is 0.0991. The minimum atomic E-state index is -1.99. The van der Waals surface area contributed by atoms with Crippen LogP contribution in [-0.2, 0) is 23.8 Å². The average Bonchev–Trinajstić information content (AvgIpc) is 3.51. The van der Waals surface area contributed by atoms with Gasteiger partial charge in [-0.05, 0) is 69.3 Å². The van der Waals surface area contributed by atoms with Gasteiger partial charge in [0.05, 0.1) is 29.4 Å². The third-order valence-electron chi connectivity index (χ3n) is 13.5. The van der Waals surface area contributed by atoms with Crippen molar-refractivity contribution in [1.29, 1.82) is 0 Å². The number of rotatable bonds is 6. The molecule has 2 aromatic rings. The maximum Gasteiger partial charge on any atom is 0.312 e. The molecule has 4 heterocycles. The number of aliphatic hydroxyl groups is 1. The van der Waals surface area contributed by atoms with Crippen LogP contribution in [0.4, 0.5) is 5.69 Å². The van der Waals surface area contributed by atoms with Gasteiger partial charge in [0.15, 0.2) is 11.3 Å². The number of anilines is 1. The van der Waals surface area contributed by atoms with Gasteiger partial charge < -0.3 is 43.6 Å². The van der Waals surface area contributed by atoms with E-state index in [9.17, 15) is 29.4 Å². The molecule has 5 aliphatic rings. The molecule has 1 amide bonds. The van der Waals surface area contributed by atoms with Crippen LogP contribution in [0.15, 0.2) is 63.6 Å². The number of phenolic OH excluding ortho intramolecular Hbond substituents is 1. The fourth-order valence-electron chi connectivity index (χ4n) is 8.99. The predicted octanol–water partition coefficient (Wildman–Crippen LogP) is 7.31. The summed E-state index contributed by atoms with van der Waals surface area (Å²) in [5.41, 5.74) is -0.288. The zero-order valence-electron chi connectivity index (χ0n) is 38.1. The molecule has 0 unspecified atom stereocenters. The number of hydrogen-bond donors (Lipinski definition) is 3. The molecule has 0 aromatic heterocycles. The molecule has 4 aliphatic heterocycles. The number of carbonyl (C=O) groups is 3. The lowest BCUT2D eigenvalue weighted by atomic mass is 9.73. The second kappa shape index (κ2) is 18.4. The summed E-state index contributed by atoms with van der Waals surface area (Å²) in [4.78, 5) is 63.1. The summed E-state index contributed by atoms with van der Waals surface area (Å²) in [6.07, 6.45) is 6.93. The van der Waals surface area contributed by atoms with E-state index in [1.807, 2.05) is 34.6 Å². The van der Waals surface area contributed by atoms with Crippen LogP contribution < -0.4 is 20.2 Å². The number of benzene rings is 3. The van der Waals surface area contributed by atoms with Gasteiger partial charge in [-0.15, -0.1) is 0 Å². The highest BCUT2D eigenvalue weighted by molar-refractivity contribution is 6.22. The van der Waals surface area contributed by atoms with Gasteiger partial charge in [0.2, 0.25) is 5.43 Å². The maximum absolute atomic E-state index is 14.8. The predicted molar refractivity (Wildman–Crippen MR) is 241 cm³/mol. The first-order valence-electron chi connectivity index (χ1n) is 21.9.